The number of carboxylic acid groups (broad SMARTS) is 2. The van der Waals surface area contributed by atoms with E-state index in [4.69, 9.17) is 15.9 Å². The van der Waals surface area contributed by atoms with Gasteiger partial charge in [-0.15, -0.1) is 0 Å². The molecule has 0 bridgehead atoms. The van der Waals surface area contributed by atoms with Gasteiger partial charge >= 0.3 is 11.9 Å². The maximum Gasteiger partial charge on any atom is 0.335 e. The smallest absolute Gasteiger partial charge is 0.335 e. The van der Waals surface area contributed by atoms with Crippen LogP contribution in [0.15, 0.2) is 24.3 Å². The third kappa shape index (κ3) is 2.13. The molecule has 1 aromatic carbocycles. The van der Waals surface area contributed by atoms with Crippen LogP contribution in [-0.2, 0) is 10.3 Å². The normalized spacial score (nSPS) is 14.3. The molecule has 1 aromatic rings. The number of nitrogens with two attached hydrogens (primary N) is 1. The topological polar surface area (TPSA) is 101 Å². The molecule has 0 aromatic heterocycles. The van der Waals surface area contributed by atoms with E-state index >= 15 is 0 Å². The lowest BCUT2D eigenvalue weighted by molar-refractivity contribution is -0.143. The van der Waals surface area contributed by atoms with Crippen LogP contribution in [0, 0.1) is 0 Å². The SMILES string of the molecule is C[C@](N)(C(=O)O)c1cccc(C(=O)O)c1. The van der Waals surface area contributed by atoms with E-state index in [1.54, 1.807) is 0 Å². The van der Waals surface area contributed by atoms with E-state index in [-0.39, 0.29) is 11.1 Å². The first-order valence-electron chi connectivity index (χ1n) is 4.22. The number of aromatic carboxylic acids is 1. The molecule has 0 aliphatic heterocycles. The van der Waals surface area contributed by atoms with Gasteiger partial charge in [-0.1, -0.05) is 12.1 Å². The average Bonchev–Trinajstić information content (AvgIpc) is 2.17. The molecule has 0 aliphatic carbocycles. The number of benzene rings is 1. The number of carboxylic acids is 2. The van der Waals surface area contributed by atoms with Gasteiger partial charge in [-0.3, -0.25) is 0 Å². The van der Waals surface area contributed by atoms with Crippen LogP contribution in [0.5, 0.6) is 0 Å². The minimum atomic E-state index is -1.58. The molecule has 0 saturated heterocycles. The Bertz CT molecular complexity index is 412. The van der Waals surface area contributed by atoms with Crippen LogP contribution in [0.1, 0.15) is 22.8 Å². The van der Waals surface area contributed by atoms with Gasteiger partial charge in [0.05, 0.1) is 5.56 Å². The van der Waals surface area contributed by atoms with E-state index in [9.17, 15) is 9.59 Å². The van der Waals surface area contributed by atoms with Crippen molar-refractivity contribution in [3.05, 3.63) is 35.4 Å². The van der Waals surface area contributed by atoms with Gasteiger partial charge in [0.2, 0.25) is 0 Å². The maximum atomic E-state index is 10.8. The van der Waals surface area contributed by atoms with Gasteiger partial charge in [-0.05, 0) is 24.6 Å². The fraction of sp³-hybridized carbons (Fsp3) is 0.200. The molecule has 1 atom stereocenters. The van der Waals surface area contributed by atoms with E-state index in [0.29, 0.717) is 0 Å². The second-order valence-corrected chi connectivity index (χ2v) is 3.39. The molecule has 0 radical (unpaired) electrons. The van der Waals surface area contributed by atoms with Gasteiger partial charge < -0.3 is 15.9 Å². The minimum Gasteiger partial charge on any atom is -0.480 e. The Morgan fingerprint density at radius 2 is 1.93 bits per heavy atom. The van der Waals surface area contributed by atoms with Crippen LogP contribution < -0.4 is 5.73 Å². The Labute approximate surface area is 86.1 Å². The summed E-state index contributed by atoms with van der Waals surface area (Å²) in [4.78, 5) is 21.5. The summed E-state index contributed by atoms with van der Waals surface area (Å²) in [5.41, 5.74) is 4.26. The van der Waals surface area contributed by atoms with Crippen molar-refractivity contribution in [2.45, 2.75) is 12.5 Å². The maximum absolute atomic E-state index is 10.8. The zero-order chi connectivity index (χ0) is 11.6. The molecule has 5 nitrogen and oxygen atoms in total. The van der Waals surface area contributed by atoms with Gasteiger partial charge in [0.1, 0.15) is 5.54 Å². The molecule has 5 heteroatoms. The summed E-state index contributed by atoms with van der Waals surface area (Å²) in [5, 5.41) is 17.6. The minimum absolute atomic E-state index is 0.0189. The highest BCUT2D eigenvalue weighted by Crippen LogP contribution is 2.19. The second-order valence-electron chi connectivity index (χ2n) is 3.39. The molecule has 0 amide bonds. The van der Waals surface area contributed by atoms with Gasteiger partial charge in [-0.2, -0.15) is 0 Å². The van der Waals surface area contributed by atoms with Gasteiger partial charge in [0.15, 0.2) is 0 Å². The highest BCUT2D eigenvalue weighted by Gasteiger charge is 2.30. The third-order valence-corrected chi connectivity index (χ3v) is 2.15. The Morgan fingerprint density at radius 3 is 2.40 bits per heavy atom. The summed E-state index contributed by atoms with van der Waals surface area (Å²) >= 11 is 0. The van der Waals surface area contributed by atoms with Gasteiger partial charge in [0, 0.05) is 0 Å². The third-order valence-electron chi connectivity index (χ3n) is 2.15. The van der Waals surface area contributed by atoms with E-state index < -0.39 is 17.5 Å². The summed E-state index contributed by atoms with van der Waals surface area (Å²) in [6, 6.07) is 5.59. The molecule has 4 N–H and O–H groups in total. The lowest BCUT2D eigenvalue weighted by atomic mass is 9.92. The zero-order valence-corrected chi connectivity index (χ0v) is 8.10. The first-order chi connectivity index (χ1) is 6.85. The molecular weight excluding hydrogens is 198 g/mol. The van der Waals surface area contributed by atoms with Crippen LogP contribution in [0.2, 0.25) is 0 Å². The quantitative estimate of drug-likeness (QED) is 0.678. The van der Waals surface area contributed by atoms with E-state index in [1.165, 1.54) is 31.2 Å². The zero-order valence-electron chi connectivity index (χ0n) is 8.10. The molecule has 0 aliphatic rings. The highest BCUT2D eigenvalue weighted by atomic mass is 16.4. The summed E-state index contributed by atoms with van der Waals surface area (Å²) in [7, 11) is 0. The molecule has 15 heavy (non-hydrogen) atoms. The molecule has 1 rings (SSSR count). The van der Waals surface area contributed by atoms with E-state index in [1.807, 2.05) is 0 Å². The summed E-state index contributed by atoms with van der Waals surface area (Å²) in [6.07, 6.45) is 0. The van der Waals surface area contributed by atoms with Crippen molar-refractivity contribution in [2.75, 3.05) is 0 Å². The Morgan fingerprint density at radius 1 is 1.33 bits per heavy atom. The van der Waals surface area contributed by atoms with Crippen LogP contribution >= 0.6 is 0 Å². The highest BCUT2D eigenvalue weighted by molar-refractivity contribution is 5.88. The summed E-state index contributed by atoms with van der Waals surface area (Å²) in [5.74, 6) is -2.32. The molecule has 0 spiro atoms. The van der Waals surface area contributed by atoms with Crippen molar-refractivity contribution in [2.24, 2.45) is 5.73 Å². The molecule has 0 heterocycles. The van der Waals surface area contributed by atoms with Crippen molar-refractivity contribution < 1.29 is 19.8 Å². The van der Waals surface area contributed by atoms with Crippen molar-refractivity contribution in [1.29, 1.82) is 0 Å². The van der Waals surface area contributed by atoms with Crippen LogP contribution in [0.4, 0.5) is 0 Å². The van der Waals surface area contributed by atoms with Crippen molar-refractivity contribution in [3.63, 3.8) is 0 Å². The number of aliphatic carboxylic acids is 1. The molecule has 0 fully saturated rings. The van der Waals surface area contributed by atoms with E-state index in [2.05, 4.69) is 0 Å². The molecular formula is C10H11NO4. The fourth-order valence-corrected chi connectivity index (χ4v) is 1.10. The first kappa shape index (κ1) is 11.2. The predicted octanol–water partition coefficient (Wildman–Crippen LogP) is 0.643. The second kappa shape index (κ2) is 3.70. The molecule has 80 valence electrons. The predicted molar refractivity (Wildman–Crippen MR) is 52.6 cm³/mol. The number of rotatable bonds is 3. The first-order valence-corrected chi connectivity index (χ1v) is 4.22. The largest absolute Gasteiger partial charge is 0.480 e. The monoisotopic (exact) mass is 209 g/mol. The summed E-state index contributed by atoms with van der Waals surface area (Å²) < 4.78 is 0. The Hall–Kier alpha value is -1.88. The number of carbonyl (C=O) groups is 2. The number of hydrogen-bond donors (Lipinski definition) is 3. The molecule has 0 unspecified atom stereocenters. The Balaban J connectivity index is 3.21. The fourth-order valence-electron chi connectivity index (χ4n) is 1.10. The van der Waals surface area contributed by atoms with Crippen LogP contribution in [0.25, 0.3) is 0 Å². The standard InChI is InChI=1S/C10H11NO4/c1-10(11,9(14)15)7-4-2-3-6(5-7)8(12)13/h2-5H,11H2,1H3,(H,12,13)(H,14,15)/t10-/m1/s1. The van der Waals surface area contributed by atoms with Crippen molar-refractivity contribution in [3.8, 4) is 0 Å². The van der Waals surface area contributed by atoms with E-state index in [0.717, 1.165) is 0 Å². The van der Waals surface area contributed by atoms with Gasteiger partial charge in [-0.25, -0.2) is 9.59 Å². The summed E-state index contributed by atoms with van der Waals surface area (Å²) in [6.45, 7) is 1.32. The van der Waals surface area contributed by atoms with Crippen LogP contribution in [-0.4, -0.2) is 22.2 Å². The lowest BCUT2D eigenvalue weighted by Gasteiger charge is -2.19. The molecule has 0 saturated carbocycles. The average molecular weight is 209 g/mol. The number of hydrogen-bond acceptors (Lipinski definition) is 3. The van der Waals surface area contributed by atoms with Crippen molar-refractivity contribution in [1.82, 2.24) is 0 Å². The lowest BCUT2D eigenvalue weighted by Crippen LogP contribution is -2.41. The van der Waals surface area contributed by atoms with Crippen LogP contribution in [0.3, 0.4) is 0 Å². The Kier molecular flexibility index (Phi) is 2.76. The van der Waals surface area contributed by atoms with Gasteiger partial charge in [0.25, 0.3) is 0 Å². The van der Waals surface area contributed by atoms with Crippen molar-refractivity contribution >= 4 is 11.9 Å².